The Kier molecular flexibility index (Phi) is 5.54. The van der Waals surface area contributed by atoms with Crippen LogP contribution in [0.25, 0.3) is 77.2 Å². The molecule has 2 heteroatoms. The smallest absolute Gasteiger partial charge is 0.0641 e. The van der Waals surface area contributed by atoms with E-state index in [0.717, 1.165) is 0 Å². The SMILES string of the molecule is c1ccc(-c2ccc(-n3c4ccccc4c4c3ccc3c5ccccc5n(-c5ccccc5)c34)c(-c3ccccc3)c2)cc1. The van der Waals surface area contributed by atoms with E-state index in [-0.39, 0.29) is 0 Å². The minimum Gasteiger partial charge on any atom is -0.309 e. The number of benzene rings is 7. The van der Waals surface area contributed by atoms with Crippen molar-refractivity contribution in [2.45, 2.75) is 0 Å². The number of rotatable bonds is 4. The molecule has 0 aliphatic rings. The maximum Gasteiger partial charge on any atom is 0.0641 e. The zero-order chi connectivity index (χ0) is 29.0. The molecule has 0 N–H and O–H groups in total. The maximum atomic E-state index is 2.47. The molecule has 0 fully saturated rings. The van der Waals surface area contributed by atoms with E-state index in [4.69, 9.17) is 0 Å². The Bertz CT molecular complexity index is 2470. The lowest BCUT2D eigenvalue weighted by Crippen LogP contribution is -1.98. The molecule has 206 valence electrons. The largest absolute Gasteiger partial charge is 0.309 e. The van der Waals surface area contributed by atoms with Crippen LogP contribution in [-0.4, -0.2) is 9.13 Å². The van der Waals surface area contributed by atoms with Gasteiger partial charge in [0.15, 0.2) is 0 Å². The number of fused-ring (bicyclic) bond motifs is 7. The van der Waals surface area contributed by atoms with Gasteiger partial charge in [0, 0.05) is 32.8 Å². The van der Waals surface area contributed by atoms with E-state index in [1.807, 2.05) is 0 Å². The van der Waals surface area contributed by atoms with Crippen molar-refractivity contribution in [1.82, 2.24) is 9.13 Å². The molecule has 44 heavy (non-hydrogen) atoms. The average Bonchev–Trinajstić information content (AvgIpc) is 3.62. The van der Waals surface area contributed by atoms with Crippen LogP contribution in [0.1, 0.15) is 0 Å². The van der Waals surface area contributed by atoms with E-state index in [1.165, 1.54) is 77.2 Å². The highest BCUT2D eigenvalue weighted by Crippen LogP contribution is 2.43. The van der Waals surface area contributed by atoms with Gasteiger partial charge in [-0.25, -0.2) is 0 Å². The first-order chi connectivity index (χ1) is 21.9. The van der Waals surface area contributed by atoms with E-state index in [2.05, 4.69) is 179 Å². The van der Waals surface area contributed by atoms with Crippen LogP contribution >= 0.6 is 0 Å². The van der Waals surface area contributed by atoms with Gasteiger partial charge in [0.1, 0.15) is 0 Å². The summed E-state index contributed by atoms with van der Waals surface area (Å²) in [4.78, 5) is 0. The van der Waals surface area contributed by atoms with Crippen LogP contribution < -0.4 is 0 Å². The molecule has 9 rings (SSSR count). The third-order valence-electron chi connectivity index (χ3n) is 8.91. The molecule has 9 aromatic rings. The van der Waals surface area contributed by atoms with Crippen molar-refractivity contribution in [2.75, 3.05) is 0 Å². The molecule has 0 bridgehead atoms. The standard InChI is InChI=1S/C42H28N2/c1-4-14-29(15-5-1)31-24-26-39(36(28-31)30-16-6-2-7-17-30)44-38-23-13-11-21-35(38)41-40(44)27-25-34-33-20-10-12-22-37(33)43(42(34)41)32-18-8-3-9-19-32/h1-28H. The minimum atomic E-state index is 1.17. The second-order valence-corrected chi connectivity index (χ2v) is 11.4. The van der Waals surface area contributed by atoms with Crippen LogP contribution in [0.2, 0.25) is 0 Å². The molecule has 0 spiro atoms. The molecule has 0 unspecified atom stereocenters. The van der Waals surface area contributed by atoms with Gasteiger partial charge in [-0.3, -0.25) is 0 Å². The zero-order valence-electron chi connectivity index (χ0n) is 24.1. The third kappa shape index (κ3) is 3.68. The Morgan fingerprint density at radius 2 is 0.932 bits per heavy atom. The molecule has 0 aliphatic heterocycles. The molecule has 0 saturated heterocycles. The van der Waals surface area contributed by atoms with Crippen molar-refractivity contribution in [1.29, 1.82) is 0 Å². The second-order valence-electron chi connectivity index (χ2n) is 11.4. The summed E-state index contributed by atoms with van der Waals surface area (Å²) < 4.78 is 4.91. The average molecular weight is 561 g/mol. The summed E-state index contributed by atoms with van der Waals surface area (Å²) in [6.45, 7) is 0. The van der Waals surface area contributed by atoms with Gasteiger partial charge in [-0.2, -0.15) is 0 Å². The van der Waals surface area contributed by atoms with Crippen LogP contribution in [0.15, 0.2) is 170 Å². The molecule has 0 atom stereocenters. The highest BCUT2D eigenvalue weighted by molar-refractivity contribution is 6.26. The summed E-state index contributed by atoms with van der Waals surface area (Å²) in [5.41, 5.74) is 12.0. The third-order valence-corrected chi connectivity index (χ3v) is 8.91. The van der Waals surface area contributed by atoms with Crippen molar-refractivity contribution < 1.29 is 0 Å². The summed E-state index contributed by atoms with van der Waals surface area (Å²) in [5.74, 6) is 0. The fraction of sp³-hybridized carbons (Fsp3) is 0. The van der Waals surface area contributed by atoms with E-state index in [9.17, 15) is 0 Å². The number of hydrogen-bond donors (Lipinski definition) is 0. The fourth-order valence-corrected chi connectivity index (χ4v) is 7.00. The Hall–Kier alpha value is -5.86. The number of aromatic nitrogens is 2. The van der Waals surface area contributed by atoms with Crippen molar-refractivity contribution in [3.8, 4) is 33.6 Å². The number of nitrogens with zero attached hydrogens (tertiary/aromatic N) is 2. The number of para-hydroxylation sites is 3. The van der Waals surface area contributed by atoms with Crippen LogP contribution in [0, 0.1) is 0 Å². The second kappa shape index (κ2) is 9.86. The molecule has 7 aromatic carbocycles. The topological polar surface area (TPSA) is 9.86 Å². The first kappa shape index (κ1) is 24.7. The molecule has 0 aliphatic carbocycles. The van der Waals surface area contributed by atoms with E-state index in [0.29, 0.717) is 0 Å². The number of hydrogen-bond acceptors (Lipinski definition) is 0. The van der Waals surface area contributed by atoms with Gasteiger partial charge in [0.05, 0.1) is 27.8 Å². The summed E-state index contributed by atoms with van der Waals surface area (Å²) >= 11 is 0. The highest BCUT2D eigenvalue weighted by atomic mass is 15.0. The summed E-state index contributed by atoms with van der Waals surface area (Å²) in [6.07, 6.45) is 0. The van der Waals surface area contributed by atoms with Gasteiger partial charge in [0.2, 0.25) is 0 Å². The van der Waals surface area contributed by atoms with Gasteiger partial charge in [0.25, 0.3) is 0 Å². The van der Waals surface area contributed by atoms with E-state index >= 15 is 0 Å². The van der Waals surface area contributed by atoms with Gasteiger partial charge in [-0.15, -0.1) is 0 Å². The van der Waals surface area contributed by atoms with E-state index in [1.54, 1.807) is 0 Å². The van der Waals surface area contributed by atoms with Crippen molar-refractivity contribution >= 4 is 43.6 Å². The Morgan fingerprint density at radius 3 is 1.66 bits per heavy atom. The lowest BCUT2D eigenvalue weighted by molar-refractivity contribution is 1.17. The van der Waals surface area contributed by atoms with Gasteiger partial charge in [-0.05, 0) is 59.2 Å². The monoisotopic (exact) mass is 560 g/mol. The summed E-state index contributed by atoms with van der Waals surface area (Å²) in [7, 11) is 0. The minimum absolute atomic E-state index is 1.17. The molecule has 0 radical (unpaired) electrons. The van der Waals surface area contributed by atoms with Crippen molar-refractivity contribution in [2.24, 2.45) is 0 Å². The fourth-order valence-electron chi connectivity index (χ4n) is 7.00. The zero-order valence-corrected chi connectivity index (χ0v) is 24.1. The Labute approximate surface area is 255 Å². The Balaban J connectivity index is 1.43. The predicted octanol–water partition coefficient (Wildman–Crippen LogP) is 11.2. The lowest BCUT2D eigenvalue weighted by Gasteiger charge is -2.16. The quantitative estimate of drug-likeness (QED) is 0.203. The van der Waals surface area contributed by atoms with Gasteiger partial charge >= 0.3 is 0 Å². The summed E-state index contributed by atoms with van der Waals surface area (Å²) in [6, 6.07) is 61.3. The molecular weight excluding hydrogens is 532 g/mol. The van der Waals surface area contributed by atoms with E-state index < -0.39 is 0 Å². The van der Waals surface area contributed by atoms with Crippen LogP contribution in [0.5, 0.6) is 0 Å². The maximum absolute atomic E-state index is 2.47. The molecule has 2 heterocycles. The van der Waals surface area contributed by atoms with Crippen LogP contribution in [-0.2, 0) is 0 Å². The molecule has 2 aromatic heterocycles. The molecule has 2 nitrogen and oxygen atoms in total. The van der Waals surface area contributed by atoms with Crippen molar-refractivity contribution in [3.63, 3.8) is 0 Å². The van der Waals surface area contributed by atoms with Crippen LogP contribution in [0.4, 0.5) is 0 Å². The van der Waals surface area contributed by atoms with Crippen molar-refractivity contribution in [3.05, 3.63) is 170 Å². The first-order valence-electron chi connectivity index (χ1n) is 15.1. The highest BCUT2D eigenvalue weighted by Gasteiger charge is 2.22. The van der Waals surface area contributed by atoms with Gasteiger partial charge in [-0.1, -0.05) is 127 Å². The first-order valence-corrected chi connectivity index (χ1v) is 15.1. The van der Waals surface area contributed by atoms with Gasteiger partial charge < -0.3 is 9.13 Å². The summed E-state index contributed by atoms with van der Waals surface area (Å²) in [5, 5.41) is 5.05. The molecule has 0 amide bonds. The predicted molar refractivity (Wildman–Crippen MR) is 186 cm³/mol. The Morgan fingerprint density at radius 1 is 0.341 bits per heavy atom. The molecular formula is C42H28N2. The van der Waals surface area contributed by atoms with Crippen LogP contribution in [0.3, 0.4) is 0 Å². The lowest BCUT2D eigenvalue weighted by atomic mass is 9.97. The normalized spacial score (nSPS) is 11.6. The molecule has 0 saturated carbocycles.